The Labute approximate surface area is 140 Å². The van der Waals surface area contributed by atoms with Crippen LogP contribution in [0.3, 0.4) is 0 Å². The maximum Gasteiger partial charge on any atom is 0.289 e. The molecule has 2 aliphatic heterocycles. The number of furan rings is 1. The number of piperidine rings is 1. The molecule has 7 nitrogen and oxygen atoms in total. The Morgan fingerprint density at radius 2 is 2.00 bits per heavy atom. The van der Waals surface area contributed by atoms with Gasteiger partial charge in [-0.05, 0) is 44.2 Å². The molecule has 0 bridgehead atoms. The summed E-state index contributed by atoms with van der Waals surface area (Å²) >= 11 is 0. The monoisotopic (exact) mass is 333 g/mol. The lowest BCUT2D eigenvalue weighted by atomic mass is 9.95. The first kappa shape index (κ1) is 16.5. The van der Waals surface area contributed by atoms with Gasteiger partial charge < -0.3 is 20.0 Å². The molecule has 3 heterocycles. The summed E-state index contributed by atoms with van der Waals surface area (Å²) in [7, 11) is 0. The second-order valence-electron chi connectivity index (χ2n) is 6.39. The van der Waals surface area contributed by atoms with Gasteiger partial charge in [-0.2, -0.15) is 0 Å². The lowest BCUT2D eigenvalue weighted by Crippen LogP contribution is -2.49. The van der Waals surface area contributed by atoms with Gasteiger partial charge in [0.25, 0.3) is 5.91 Å². The van der Waals surface area contributed by atoms with Crippen molar-refractivity contribution in [3.05, 3.63) is 24.2 Å². The summed E-state index contributed by atoms with van der Waals surface area (Å²) in [5.41, 5.74) is 0. The molecule has 0 spiro atoms. The fourth-order valence-corrected chi connectivity index (χ4v) is 3.27. The third-order valence-corrected chi connectivity index (χ3v) is 4.74. The quantitative estimate of drug-likeness (QED) is 0.860. The standard InChI is InChI=1S/C17H23N3O4/c21-15(19-13-4-1-2-8-18-16(13)22)12-6-9-20(10-7-12)17(23)14-5-3-11-24-14/h3,5,11-13H,1-2,4,6-10H2,(H,18,22)(H,19,21)/t13-/m0/s1. The molecule has 3 amide bonds. The van der Waals surface area contributed by atoms with E-state index < -0.39 is 6.04 Å². The van der Waals surface area contributed by atoms with Crippen LogP contribution in [-0.4, -0.2) is 48.3 Å². The van der Waals surface area contributed by atoms with Crippen LogP contribution in [-0.2, 0) is 9.59 Å². The Morgan fingerprint density at radius 1 is 1.21 bits per heavy atom. The number of hydrogen-bond acceptors (Lipinski definition) is 4. The second-order valence-corrected chi connectivity index (χ2v) is 6.39. The third-order valence-electron chi connectivity index (χ3n) is 4.74. The van der Waals surface area contributed by atoms with Crippen LogP contribution >= 0.6 is 0 Å². The van der Waals surface area contributed by atoms with Gasteiger partial charge in [0, 0.05) is 25.6 Å². The van der Waals surface area contributed by atoms with Gasteiger partial charge in [0.05, 0.1) is 6.26 Å². The smallest absolute Gasteiger partial charge is 0.289 e. The fourth-order valence-electron chi connectivity index (χ4n) is 3.27. The topological polar surface area (TPSA) is 91.7 Å². The molecule has 2 fully saturated rings. The van der Waals surface area contributed by atoms with Crippen LogP contribution in [0.25, 0.3) is 0 Å². The van der Waals surface area contributed by atoms with Crippen LogP contribution < -0.4 is 10.6 Å². The van der Waals surface area contributed by atoms with E-state index in [0.717, 1.165) is 12.8 Å². The molecule has 24 heavy (non-hydrogen) atoms. The number of hydrogen-bond donors (Lipinski definition) is 2. The zero-order valence-corrected chi connectivity index (χ0v) is 13.6. The summed E-state index contributed by atoms with van der Waals surface area (Å²) in [6.45, 7) is 1.72. The fraction of sp³-hybridized carbons (Fsp3) is 0.588. The highest BCUT2D eigenvalue weighted by Crippen LogP contribution is 2.20. The van der Waals surface area contributed by atoms with Gasteiger partial charge in [-0.15, -0.1) is 0 Å². The highest BCUT2D eigenvalue weighted by atomic mass is 16.3. The summed E-state index contributed by atoms with van der Waals surface area (Å²) in [6.07, 6.45) is 5.25. The van der Waals surface area contributed by atoms with Crippen molar-refractivity contribution in [2.24, 2.45) is 5.92 Å². The summed E-state index contributed by atoms with van der Waals surface area (Å²) in [5.74, 6) is -0.134. The van der Waals surface area contributed by atoms with E-state index in [1.54, 1.807) is 17.0 Å². The van der Waals surface area contributed by atoms with Gasteiger partial charge in [0.15, 0.2) is 5.76 Å². The predicted molar refractivity (Wildman–Crippen MR) is 86.1 cm³/mol. The Bertz CT molecular complexity index is 591. The average Bonchev–Trinajstić information content (AvgIpc) is 3.07. The average molecular weight is 333 g/mol. The summed E-state index contributed by atoms with van der Waals surface area (Å²) in [5, 5.41) is 5.70. The molecule has 0 unspecified atom stereocenters. The highest BCUT2D eigenvalue weighted by Gasteiger charge is 2.31. The van der Waals surface area contributed by atoms with E-state index in [1.807, 2.05) is 0 Å². The van der Waals surface area contributed by atoms with E-state index in [0.29, 0.717) is 44.7 Å². The molecule has 130 valence electrons. The van der Waals surface area contributed by atoms with Crippen molar-refractivity contribution in [1.82, 2.24) is 15.5 Å². The van der Waals surface area contributed by atoms with Crippen molar-refractivity contribution >= 4 is 17.7 Å². The van der Waals surface area contributed by atoms with E-state index >= 15 is 0 Å². The van der Waals surface area contributed by atoms with E-state index in [2.05, 4.69) is 10.6 Å². The largest absolute Gasteiger partial charge is 0.459 e. The van der Waals surface area contributed by atoms with Crippen molar-refractivity contribution < 1.29 is 18.8 Å². The molecule has 1 aromatic rings. The first-order chi connectivity index (χ1) is 11.6. The zero-order valence-electron chi connectivity index (χ0n) is 13.6. The molecule has 3 rings (SSSR count). The maximum absolute atomic E-state index is 12.4. The van der Waals surface area contributed by atoms with Crippen LogP contribution in [0.1, 0.15) is 42.7 Å². The first-order valence-electron chi connectivity index (χ1n) is 8.56. The van der Waals surface area contributed by atoms with Gasteiger partial charge in [-0.25, -0.2) is 0 Å². The number of carbonyl (C=O) groups is 3. The second kappa shape index (κ2) is 7.51. The maximum atomic E-state index is 12.4. The number of carbonyl (C=O) groups excluding carboxylic acids is 3. The first-order valence-corrected chi connectivity index (χ1v) is 8.56. The summed E-state index contributed by atoms with van der Waals surface area (Å²) in [6, 6.07) is 2.90. The number of likely N-dealkylation sites (tertiary alicyclic amines) is 1. The molecule has 7 heteroatoms. The lowest BCUT2D eigenvalue weighted by molar-refractivity contribution is -0.131. The van der Waals surface area contributed by atoms with Crippen molar-refractivity contribution in [3.63, 3.8) is 0 Å². The summed E-state index contributed by atoms with van der Waals surface area (Å²) in [4.78, 5) is 38.3. The van der Waals surface area contributed by atoms with Crippen molar-refractivity contribution in [1.29, 1.82) is 0 Å². The molecule has 0 radical (unpaired) electrons. The summed E-state index contributed by atoms with van der Waals surface area (Å²) < 4.78 is 5.13. The molecule has 2 saturated heterocycles. The van der Waals surface area contributed by atoms with Crippen LogP contribution in [0.15, 0.2) is 22.8 Å². The van der Waals surface area contributed by atoms with E-state index in [1.165, 1.54) is 6.26 Å². The van der Waals surface area contributed by atoms with Crippen LogP contribution in [0.5, 0.6) is 0 Å². The molecule has 0 saturated carbocycles. The molecule has 0 aliphatic carbocycles. The number of amides is 3. The molecule has 2 aliphatic rings. The van der Waals surface area contributed by atoms with Crippen molar-refractivity contribution in [3.8, 4) is 0 Å². The van der Waals surface area contributed by atoms with Gasteiger partial charge >= 0.3 is 0 Å². The number of nitrogens with zero attached hydrogens (tertiary/aromatic N) is 1. The Hall–Kier alpha value is -2.31. The number of nitrogens with one attached hydrogen (secondary N) is 2. The zero-order chi connectivity index (χ0) is 16.9. The van der Waals surface area contributed by atoms with E-state index in [4.69, 9.17) is 4.42 Å². The highest BCUT2D eigenvalue weighted by molar-refractivity contribution is 5.92. The van der Waals surface area contributed by atoms with Gasteiger partial charge in [0.1, 0.15) is 6.04 Å². The van der Waals surface area contributed by atoms with Crippen LogP contribution in [0.2, 0.25) is 0 Å². The van der Waals surface area contributed by atoms with Crippen molar-refractivity contribution in [2.75, 3.05) is 19.6 Å². The number of rotatable bonds is 3. The third kappa shape index (κ3) is 3.77. The van der Waals surface area contributed by atoms with Gasteiger partial charge in [-0.1, -0.05) is 0 Å². The van der Waals surface area contributed by atoms with Gasteiger partial charge in [-0.3, -0.25) is 14.4 Å². The minimum Gasteiger partial charge on any atom is -0.459 e. The Morgan fingerprint density at radius 3 is 2.71 bits per heavy atom. The van der Waals surface area contributed by atoms with Crippen LogP contribution in [0.4, 0.5) is 0 Å². The lowest BCUT2D eigenvalue weighted by Gasteiger charge is -2.31. The van der Waals surface area contributed by atoms with E-state index in [9.17, 15) is 14.4 Å². The SMILES string of the molecule is O=C(N[C@H]1CCCCNC1=O)C1CCN(C(=O)c2ccco2)CC1. The minimum atomic E-state index is -0.428. The Kier molecular flexibility index (Phi) is 5.17. The van der Waals surface area contributed by atoms with Crippen LogP contribution in [0, 0.1) is 5.92 Å². The minimum absolute atomic E-state index is 0.0813. The predicted octanol–water partition coefficient (Wildman–Crippen LogP) is 0.917. The van der Waals surface area contributed by atoms with E-state index in [-0.39, 0.29) is 23.6 Å². The molecule has 0 aromatic carbocycles. The molecular formula is C17H23N3O4. The molecule has 2 N–H and O–H groups in total. The van der Waals surface area contributed by atoms with Gasteiger partial charge in [0.2, 0.25) is 11.8 Å². The molecule has 1 aromatic heterocycles. The normalized spacial score (nSPS) is 22.6. The molecular weight excluding hydrogens is 310 g/mol. The van der Waals surface area contributed by atoms with Crippen molar-refractivity contribution in [2.45, 2.75) is 38.1 Å². The molecule has 1 atom stereocenters. The Balaban J connectivity index is 1.50.